The molecular formula is C10H20N2O2. The number of carbonyl (C=O) groups is 1. The molecule has 1 amide bonds. The second-order valence-corrected chi connectivity index (χ2v) is 4.26. The lowest BCUT2D eigenvalue weighted by molar-refractivity contribution is -0.138. The van der Waals surface area contributed by atoms with Crippen molar-refractivity contribution in [2.45, 2.75) is 26.3 Å². The van der Waals surface area contributed by atoms with Crippen LogP contribution in [-0.2, 0) is 9.53 Å². The van der Waals surface area contributed by atoms with Gasteiger partial charge in [0.05, 0.1) is 0 Å². The largest absolute Gasteiger partial charge is 0.372 e. The van der Waals surface area contributed by atoms with E-state index in [1.165, 1.54) is 0 Å². The molecule has 1 rings (SSSR count). The first-order valence-corrected chi connectivity index (χ1v) is 5.16. The first-order chi connectivity index (χ1) is 6.55. The molecule has 82 valence electrons. The first kappa shape index (κ1) is 11.5. The van der Waals surface area contributed by atoms with Gasteiger partial charge in [-0.2, -0.15) is 0 Å². The molecule has 0 unspecified atom stereocenters. The van der Waals surface area contributed by atoms with Crippen molar-refractivity contribution < 1.29 is 9.53 Å². The molecule has 4 nitrogen and oxygen atoms in total. The van der Waals surface area contributed by atoms with Gasteiger partial charge in [-0.25, -0.2) is 0 Å². The lowest BCUT2D eigenvalue weighted by Gasteiger charge is -2.39. The van der Waals surface area contributed by atoms with Gasteiger partial charge in [0.1, 0.15) is 6.61 Å². The van der Waals surface area contributed by atoms with Crippen LogP contribution in [0.4, 0.5) is 0 Å². The Balaban J connectivity index is 2.40. The highest BCUT2D eigenvalue weighted by Gasteiger charge is 2.28. The van der Waals surface area contributed by atoms with Crippen molar-refractivity contribution in [3.05, 3.63) is 0 Å². The summed E-state index contributed by atoms with van der Waals surface area (Å²) in [5.74, 6) is 0.0985. The monoisotopic (exact) mass is 200 g/mol. The number of ether oxygens (including phenoxy) is 1. The quantitative estimate of drug-likeness (QED) is 0.709. The topological polar surface area (TPSA) is 41.6 Å². The van der Waals surface area contributed by atoms with Crippen molar-refractivity contribution in [2.24, 2.45) is 0 Å². The maximum Gasteiger partial charge on any atom is 0.248 e. The van der Waals surface area contributed by atoms with Gasteiger partial charge in [0.2, 0.25) is 5.91 Å². The summed E-state index contributed by atoms with van der Waals surface area (Å²) in [5, 5.41) is 3.36. The number of amides is 1. The number of hydrogen-bond donors (Lipinski definition) is 1. The summed E-state index contributed by atoms with van der Waals surface area (Å²) in [6.07, 6.45) is 0. The van der Waals surface area contributed by atoms with Gasteiger partial charge in [-0.3, -0.25) is 4.79 Å². The van der Waals surface area contributed by atoms with Gasteiger partial charge in [-0.05, 0) is 20.8 Å². The minimum atomic E-state index is 0.0279. The second kappa shape index (κ2) is 4.75. The first-order valence-electron chi connectivity index (χ1n) is 5.16. The predicted molar refractivity (Wildman–Crippen MR) is 55.2 cm³/mol. The van der Waals surface area contributed by atoms with Gasteiger partial charge in [0, 0.05) is 31.8 Å². The molecule has 1 fully saturated rings. The van der Waals surface area contributed by atoms with Crippen molar-refractivity contribution in [1.29, 1.82) is 0 Å². The van der Waals surface area contributed by atoms with E-state index in [2.05, 4.69) is 19.2 Å². The Hall–Kier alpha value is -0.610. The Morgan fingerprint density at radius 1 is 1.57 bits per heavy atom. The van der Waals surface area contributed by atoms with E-state index in [0.717, 1.165) is 19.6 Å². The van der Waals surface area contributed by atoms with Crippen molar-refractivity contribution in [3.8, 4) is 0 Å². The fourth-order valence-electron chi connectivity index (χ4n) is 1.63. The van der Waals surface area contributed by atoms with Crippen LogP contribution in [0.2, 0.25) is 0 Å². The lowest BCUT2D eigenvalue weighted by atomic mass is 10.0. The second-order valence-electron chi connectivity index (χ2n) is 4.26. The predicted octanol–water partition coefficient (Wildman–Crippen LogP) is 0.233. The zero-order valence-electron chi connectivity index (χ0n) is 9.30. The summed E-state index contributed by atoms with van der Waals surface area (Å²) >= 11 is 0. The summed E-state index contributed by atoms with van der Waals surface area (Å²) in [6, 6.07) is 0. The van der Waals surface area contributed by atoms with Crippen molar-refractivity contribution in [2.75, 3.05) is 32.8 Å². The van der Waals surface area contributed by atoms with E-state index in [-0.39, 0.29) is 18.1 Å². The SMILES string of the molecule is CCOCC(=O)N1CCNC(C)(C)C1. The van der Waals surface area contributed by atoms with Crippen LogP contribution in [0.1, 0.15) is 20.8 Å². The maximum atomic E-state index is 11.6. The molecular weight excluding hydrogens is 180 g/mol. The summed E-state index contributed by atoms with van der Waals surface area (Å²) in [6.45, 7) is 9.34. The van der Waals surface area contributed by atoms with E-state index >= 15 is 0 Å². The molecule has 0 aromatic rings. The Labute approximate surface area is 85.6 Å². The number of hydrogen-bond acceptors (Lipinski definition) is 3. The molecule has 0 saturated carbocycles. The van der Waals surface area contributed by atoms with Crippen molar-refractivity contribution in [3.63, 3.8) is 0 Å². The Bertz CT molecular complexity index is 204. The summed E-state index contributed by atoms with van der Waals surface area (Å²) in [4.78, 5) is 13.5. The summed E-state index contributed by atoms with van der Waals surface area (Å²) in [7, 11) is 0. The molecule has 4 heteroatoms. The molecule has 0 atom stereocenters. The van der Waals surface area contributed by atoms with Crippen LogP contribution >= 0.6 is 0 Å². The van der Waals surface area contributed by atoms with E-state index in [1.54, 1.807) is 0 Å². The molecule has 0 aromatic carbocycles. The number of carbonyl (C=O) groups excluding carboxylic acids is 1. The average Bonchev–Trinajstić information content (AvgIpc) is 2.12. The highest BCUT2D eigenvalue weighted by atomic mass is 16.5. The van der Waals surface area contributed by atoms with Crippen LogP contribution in [0.15, 0.2) is 0 Å². The summed E-state index contributed by atoms with van der Waals surface area (Å²) in [5.41, 5.74) is 0.0279. The Morgan fingerprint density at radius 3 is 2.86 bits per heavy atom. The smallest absolute Gasteiger partial charge is 0.248 e. The van der Waals surface area contributed by atoms with Gasteiger partial charge >= 0.3 is 0 Å². The Kier molecular flexibility index (Phi) is 3.89. The minimum absolute atomic E-state index is 0.0279. The van der Waals surface area contributed by atoms with Crippen LogP contribution < -0.4 is 5.32 Å². The number of nitrogens with zero attached hydrogens (tertiary/aromatic N) is 1. The normalized spacial score (nSPS) is 20.9. The van der Waals surface area contributed by atoms with E-state index in [9.17, 15) is 4.79 Å². The van der Waals surface area contributed by atoms with Crippen LogP contribution in [0, 0.1) is 0 Å². The van der Waals surface area contributed by atoms with E-state index in [4.69, 9.17) is 4.74 Å². The minimum Gasteiger partial charge on any atom is -0.372 e. The number of piperazine rings is 1. The zero-order valence-corrected chi connectivity index (χ0v) is 9.30. The van der Waals surface area contributed by atoms with E-state index in [0.29, 0.717) is 6.61 Å². The molecule has 0 aliphatic carbocycles. The number of rotatable bonds is 3. The Morgan fingerprint density at radius 2 is 2.29 bits per heavy atom. The molecule has 1 aliphatic rings. The molecule has 1 aliphatic heterocycles. The van der Waals surface area contributed by atoms with Gasteiger partial charge in [-0.1, -0.05) is 0 Å². The highest BCUT2D eigenvalue weighted by Crippen LogP contribution is 2.10. The molecule has 14 heavy (non-hydrogen) atoms. The van der Waals surface area contributed by atoms with Gasteiger partial charge < -0.3 is 15.0 Å². The standard InChI is InChI=1S/C10H20N2O2/c1-4-14-7-9(13)12-6-5-11-10(2,3)8-12/h11H,4-8H2,1-3H3. The van der Waals surface area contributed by atoms with Crippen LogP contribution in [0.5, 0.6) is 0 Å². The van der Waals surface area contributed by atoms with Crippen molar-refractivity contribution >= 4 is 5.91 Å². The maximum absolute atomic E-state index is 11.6. The van der Waals surface area contributed by atoms with Crippen LogP contribution in [-0.4, -0.2) is 49.2 Å². The van der Waals surface area contributed by atoms with Crippen LogP contribution in [0.25, 0.3) is 0 Å². The van der Waals surface area contributed by atoms with E-state index in [1.807, 2.05) is 11.8 Å². The number of nitrogens with one attached hydrogen (secondary N) is 1. The third-order valence-corrected chi connectivity index (χ3v) is 2.35. The fourth-order valence-corrected chi connectivity index (χ4v) is 1.63. The highest BCUT2D eigenvalue weighted by molar-refractivity contribution is 5.77. The third-order valence-electron chi connectivity index (χ3n) is 2.35. The fraction of sp³-hybridized carbons (Fsp3) is 0.900. The molecule has 0 radical (unpaired) electrons. The van der Waals surface area contributed by atoms with Gasteiger partial charge in [0.15, 0.2) is 0 Å². The molecule has 1 N–H and O–H groups in total. The lowest BCUT2D eigenvalue weighted by Crippen LogP contribution is -2.58. The molecule has 0 bridgehead atoms. The molecule has 1 saturated heterocycles. The average molecular weight is 200 g/mol. The van der Waals surface area contributed by atoms with Crippen molar-refractivity contribution in [1.82, 2.24) is 10.2 Å². The third kappa shape index (κ3) is 3.27. The molecule has 0 spiro atoms. The van der Waals surface area contributed by atoms with Crippen LogP contribution in [0.3, 0.4) is 0 Å². The zero-order chi connectivity index (χ0) is 10.6. The van der Waals surface area contributed by atoms with Gasteiger partial charge in [0.25, 0.3) is 0 Å². The van der Waals surface area contributed by atoms with Gasteiger partial charge in [-0.15, -0.1) is 0 Å². The summed E-state index contributed by atoms with van der Waals surface area (Å²) < 4.78 is 5.11. The molecule has 0 aromatic heterocycles. The molecule has 1 heterocycles. The van der Waals surface area contributed by atoms with E-state index < -0.39 is 0 Å².